The second-order valence-corrected chi connectivity index (χ2v) is 8.15. The topological polar surface area (TPSA) is 37.8 Å². The summed E-state index contributed by atoms with van der Waals surface area (Å²) in [7, 11) is 0. The molecule has 0 bridgehead atoms. The molecule has 24 heavy (non-hydrogen) atoms. The highest BCUT2D eigenvalue weighted by molar-refractivity contribution is 5.65. The maximum absolute atomic E-state index is 4.62. The molecular weight excluding hydrogens is 294 g/mol. The quantitative estimate of drug-likeness (QED) is 0.881. The first-order chi connectivity index (χ1) is 11.3. The van der Waals surface area contributed by atoms with E-state index < -0.39 is 0 Å². The summed E-state index contributed by atoms with van der Waals surface area (Å²) in [4.78, 5) is 8.95. The van der Waals surface area contributed by atoms with Crippen molar-refractivity contribution in [1.82, 2.24) is 15.3 Å². The van der Waals surface area contributed by atoms with E-state index in [2.05, 4.69) is 73.8 Å². The summed E-state index contributed by atoms with van der Waals surface area (Å²) in [5, 5.41) is 3.75. The zero-order valence-corrected chi connectivity index (χ0v) is 15.1. The minimum atomic E-state index is 0.103. The van der Waals surface area contributed by atoms with Gasteiger partial charge in [0.05, 0.1) is 5.69 Å². The van der Waals surface area contributed by atoms with Gasteiger partial charge in [-0.2, -0.15) is 0 Å². The van der Waals surface area contributed by atoms with Crippen LogP contribution in [0.5, 0.6) is 0 Å². The second-order valence-electron chi connectivity index (χ2n) is 8.15. The van der Waals surface area contributed by atoms with Crippen molar-refractivity contribution in [3.05, 3.63) is 54.5 Å². The molecule has 1 saturated heterocycles. The lowest BCUT2D eigenvalue weighted by Gasteiger charge is -2.46. The lowest BCUT2D eigenvalue weighted by atomic mass is 9.73. The van der Waals surface area contributed by atoms with Crippen molar-refractivity contribution in [2.45, 2.75) is 57.5 Å². The molecule has 2 heterocycles. The summed E-state index contributed by atoms with van der Waals surface area (Å²) in [5.41, 5.74) is 4.79. The molecule has 1 aromatic carbocycles. The number of hydrogen-bond acceptors (Lipinski definition) is 3. The molecule has 0 radical (unpaired) electrons. The molecule has 3 nitrogen and oxygen atoms in total. The van der Waals surface area contributed by atoms with E-state index in [0.717, 1.165) is 29.7 Å². The van der Waals surface area contributed by atoms with Crippen LogP contribution in [0.25, 0.3) is 17.3 Å². The van der Waals surface area contributed by atoms with Crippen LogP contribution in [0.1, 0.15) is 57.6 Å². The molecule has 1 N–H and O–H groups in total. The largest absolute Gasteiger partial charge is 0.307 e. The van der Waals surface area contributed by atoms with E-state index in [1.54, 1.807) is 6.33 Å². The van der Waals surface area contributed by atoms with Crippen molar-refractivity contribution in [1.29, 1.82) is 0 Å². The van der Waals surface area contributed by atoms with Gasteiger partial charge in [-0.3, -0.25) is 0 Å². The van der Waals surface area contributed by atoms with Gasteiger partial charge in [0.25, 0.3) is 0 Å². The zero-order valence-electron chi connectivity index (χ0n) is 15.1. The maximum Gasteiger partial charge on any atom is 0.116 e. The predicted molar refractivity (Wildman–Crippen MR) is 101 cm³/mol. The van der Waals surface area contributed by atoms with Crippen LogP contribution in [0.15, 0.2) is 43.4 Å². The second kappa shape index (κ2) is 6.14. The van der Waals surface area contributed by atoms with Gasteiger partial charge in [0.1, 0.15) is 6.33 Å². The molecule has 0 spiro atoms. The third-order valence-corrected chi connectivity index (χ3v) is 4.79. The zero-order chi connectivity index (χ0) is 17.4. The third-order valence-electron chi connectivity index (χ3n) is 4.79. The standard InChI is InChI=1S/C21H27N3/c1-6-15-7-9-16(10-8-15)19-18(13-22-14-23-19)17-11-20(2,3)24-21(4,5)12-17/h6-10,13-14,17,24H,1,11-12H2,2-5H3. The highest BCUT2D eigenvalue weighted by Crippen LogP contribution is 2.41. The Morgan fingerprint density at radius 1 is 1.08 bits per heavy atom. The molecule has 0 atom stereocenters. The Morgan fingerprint density at radius 3 is 2.29 bits per heavy atom. The van der Waals surface area contributed by atoms with Crippen LogP contribution in [0, 0.1) is 0 Å². The van der Waals surface area contributed by atoms with E-state index in [0.29, 0.717) is 5.92 Å². The Morgan fingerprint density at radius 2 is 1.71 bits per heavy atom. The van der Waals surface area contributed by atoms with E-state index in [1.807, 2.05) is 12.3 Å². The van der Waals surface area contributed by atoms with Gasteiger partial charge in [-0.25, -0.2) is 9.97 Å². The molecule has 3 heteroatoms. The van der Waals surface area contributed by atoms with Gasteiger partial charge in [-0.15, -0.1) is 0 Å². The van der Waals surface area contributed by atoms with Gasteiger partial charge in [0.15, 0.2) is 0 Å². The molecule has 126 valence electrons. The van der Waals surface area contributed by atoms with Crippen LogP contribution < -0.4 is 5.32 Å². The van der Waals surface area contributed by atoms with Crippen LogP contribution in [0.2, 0.25) is 0 Å². The fourth-order valence-corrected chi connectivity index (χ4v) is 4.20. The van der Waals surface area contributed by atoms with Crippen molar-refractivity contribution in [2.75, 3.05) is 0 Å². The highest BCUT2D eigenvalue weighted by Gasteiger charge is 2.39. The van der Waals surface area contributed by atoms with Crippen LogP contribution in [-0.4, -0.2) is 21.0 Å². The van der Waals surface area contributed by atoms with E-state index >= 15 is 0 Å². The molecule has 1 fully saturated rings. The molecule has 0 amide bonds. The Bertz CT molecular complexity index is 713. The lowest BCUT2D eigenvalue weighted by Crippen LogP contribution is -2.57. The minimum Gasteiger partial charge on any atom is -0.307 e. The van der Waals surface area contributed by atoms with Crippen molar-refractivity contribution < 1.29 is 0 Å². The first-order valence-electron chi connectivity index (χ1n) is 8.62. The fourth-order valence-electron chi connectivity index (χ4n) is 4.20. The average molecular weight is 321 g/mol. The number of aromatic nitrogens is 2. The molecule has 3 rings (SSSR count). The number of nitrogens with zero attached hydrogens (tertiary/aromatic N) is 2. The normalized spacial score (nSPS) is 19.8. The van der Waals surface area contributed by atoms with Crippen molar-refractivity contribution in [3.63, 3.8) is 0 Å². The summed E-state index contributed by atoms with van der Waals surface area (Å²) < 4.78 is 0. The Labute approximate surface area is 145 Å². The summed E-state index contributed by atoms with van der Waals surface area (Å²) in [6.45, 7) is 12.9. The number of rotatable bonds is 3. The first kappa shape index (κ1) is 16.8. The molecule has 0 aliphatic carbocycles. The lowest BCUT2D eigenvalue weighted by molar-refractivity contribution is 0.161. The number of benzene rings is 1. The fraction of sp³-hybridized carbons (Fsp3) is 0.429. The molecular formula is C21H27N3. The Kier molecular flexibility index (Phi) is 4.31. The van der Waals surface area contributed by atoms with E-state index in [1.165, 1.54) is 5.56 Å². The molecule has 1 aliphatic rings. The highest BCUT2D eigenvalue weighted by atomic mass is 15.0. The Balaban J connectivity index is 2.01. The molecule has 2 aromatic rings. The van der Waals surface area contributed by atoms with Gasteiger partial charge in [0.2, 0.25) is 0 Å². The molecule has 1 aliphatic heterocycles. The van der Waals surface area contributed by atoms with E-state index in [-0.39, 0.29) is 11.1 Å². The van der Waals surface area contributed by atoms with E-state index in [9.17, 15) is 0 Å². The molecule has 1 aromatic heterocycles. The van der Waals surface area contributed by atoms with Crippen LogP contribution in [-0.2, 0) is 0 Å². The van der Waals surface area contributed by atoms with Crippen LogP contribution >= 0.6 is 0 Å². The average Bonchev–Trinajstić information content (AvgIpc) is 2.52. The summed E-state index contributed by atoms with van der Waals surface area (Å²) in [5.74, 6) is 0.450. The number of piperidine rings is 1. The Hall–Kier alpha value is -2.00. The van der Waals surface area contributed by atoms with Gasteiger partial charge in [-0.05, 0) is 52.0 Å². The summed E-state index contributed by atoms with van der Waals surface area (Å²) >= 11 is 0. The molecule has 0 saturated carbocycles. The van der Waals surface area contributed by atoms with Gasteiger partial charge < -0.3 is 5.32 Å². The third kappa shape index (κ3) is 3.57. The van der Waals surface area contributed by atoms with Crippen LogP contribution in [0.4, 0.5) is 0 Å². The first-order valence-corrected chi connectivity index (χ1v) is 8.62. The number of nitrogens with one attached hydrogen (secondary N) is 1. The number of hydrogen-bond donors (Lipinski definition) is 1. The predicted octanol–water partition coefficient (Wildman–Crippen LogP) is 4.81. The minimum absolute atomic E-state index is 0.103. The van der Waals surface area contributed by atoms with Crippen molar-refractivity contribution in [2.24, 2.45) is 0 Å². The van der Waals surface area contributed by atoms with E-state index in [4.69, 9.17) is 0 Å². The smallest absolute Gasteiger partial charge is 0.116 e. The van der Waals surface area contributed by atoms with Gasteiger partial charge in [0, 0.05) is 28.4 Å². The molecule has 0 unspecified atom stereocenters. The van der Waals surface area contributed by atoms with Crippen molar-refractivity contribution in [3.8, 4) is 11.3 Å². The maximum atomic E-state index is 4.62. The van der Waals surface area contributed by atoms with Gasteiger partial charge >= 0.3 is 0 Å². The monoisotopic (exact) mass is 321 g/mol. The van der Waals surface area contributed by atoms with Gasteiger partial charge in [-0.1, -0.05) is 36.9 Å². The van der Waals surface area contributed by atoms with Crippen LogP contribution in [0.3, 0.4) is 0 Å². The SMILES string of the molecule is C=Cc1ccc(-c2ncncc2C2CC(C)(C)NC(C)(C)C2)cc1. The summed E-state index contributed by atoms with van der Waals surface area (Å²) in [6, 6.07) is 8.43. The van der Waals surface area contributed by atoms with Crippen molar-refractivity contribution >= 4 is 6.08 Å². The summed E-state index contributed by atoms with van der Waals surface area (Å²) in [6.07, 6.45) is 7.69.